The molecule has 0 N–H and O–H groups in total. The van der Waals surface area contributed by atoms with Gasteiger partial charge in [-0.3, -0.25) is 0 Å². The molecule has 0 fully saturated rings. The fourth-order valence-electron chi connectivity index (χ4n) is 2.99. The quantitative estimate of drug-likeness (QED) is 0.205. The van der Waals surface area contributed by atoms with Crippen molar-refractivity contribution in [3.63, 3.8) is 0 Å². The molecule has 0 radical (unpaired) electrons. The Morgan fingerprint density at radius 1 is 1.06 bits per heavy atom. The number of halogens is 1. The van der Waals surface area contributed by atoms with E-state index in [-0.39, 0.29) is 23.5 Å². The van der Waals surface area contributed by atoms with E-state index >= 15 is 0 Å². The van der Waals surface area contributed by atoms with Gasteiger partial charge in [0.05, 0.1) is 18.8 Å². The molecule has 3 rings (SSSR count). The Bertz CT molecular complexity index is 1160. The molecule has 0 aliphatic rings. The number of carbonyl (C=O) groups excluding carboxylic acids is 1. The third kappa shape index (κ3) is 5.73. The Kier molecular flexibility index (Phi) is 7.60. The number of carbonyl (C=O) groups is 1. The largest absolute Gasteiger partial charge is 0.493 e. The lowest BCUT2D eigenvalue weighted by atomic mass is 10.0. The lowest BCUT2D eigenvalue weighted by molar-refractivity contribution is -0.136. The Labute approximate surface area is 186 Å². The van der Waals surface area contributed by atoms with E-state index in [0.717, 1.165) is 6.42 Å². The molecular weight excluding hydrogens is 409 g/mol. The molecule has 0 aromatic heterocycles. The molecule has 0 atom stereocenters. The molecule has 0 bridgehead atoms. The number of aryl methyl sites for hydroxylation is 1. The van der Waals surface area contributed by atoms with Gasteiger partial charge in [-0.1, -0.05) is 43.3 Å². The van der Waals surface area contributed by atoms with Gasteiger partial charge < -0.3 is 14.2 Å². The van der Waals surface area contributed by atoms with Gasteiger partial charge >= 0.3 is 5.97 Å². The number of methoxy groups -OCH3 is 1. The predicted molar refractivity (Wildman–Crippen MR) is 120 cm³/mol. The first kappa shape index (κ1) is 22.6. The Balaban J connectivity index is 1.71. The lowest BCUT2D eigenvalue weighted by Gasteiger charge is -2.11. The summed E-state index contributed by atoms with van der Waals surface area (Å²) in [5, 5.41) is 9.45. The van der Waals surface area contributed by atoms with Gasteiger partial charge in [-0.25, -0.2) is 9.18 Å². The number of benzene rings is 3. The van der Waals surface area contributed by atoms with E-state index in [1.807, 2.05) is 18.2 Å². The molecule has 3 aromatic carbocycles. The number of hydrogen-bond acceptors (Lipinski definition) is 5. The highest BCUT2D eigenvalue weighted by Gasteiger charge is 2.13. The van der Waals surface area contributed by atoms with Crippen LogP contribution in [0.3, 0.4) is 0 Å². The van der Waals surface area contributed by atoms with Gasteiger partial charge in [-0.15, -0.1) is 0 Å². The third-order valence-corrected chi connectivity index (χ3v) is 4.70. The second-order valence-corrected chi connectivity index (χ2v) is 6.82. The van der Waals surface area contributed by atoms with Crippen LogP contribution in [-0.2, 0) is 11.2 Å². The molecule has 0 amide bonds. The van der Waals surface area contributed by atoms with Crippen LogP contribution in [0.5, 0.6) is 17.2 Å². The van der Waals surface area contributed by atoms with Crippen LogP contribution >= 0.6 is 0 Å². The third-order valence-electron chi connectivity index (χ3n) is 4.70. The van der Waals surface area contributed by atoms with Gasteiger partial charge in [0.1, 0.15) is 11.6 Å². The van der Waals surface area contributed by atoms with Gasteiger partial charge in [0.15, 0.2) is 18.1 Å². The van der Waals surface area contributed by atoms with Gasteiger partial charge in [0.2, 0.25) is 0 Å². The van der Waals surface area contributed by atoms with Gasteiger partial charge in [-0.05, 0) is 54.0 Å². The van der Waals surface area contributed by atoms with Crippen molar-refractivity contribution in [1.29, 1.82) is 5.26 Å². The zero-order valence-corrected chi connectivity index (χ0v) is 17.8. The maximum absolute atomic E-state index is 14.0. The van der Waals surface area contributed by atoms with Crippen LogP contribution in [0.25, 0.3) is 11.6 Å². The summed E-state index contributed by atoms with van der Waals surface area (Å²) in [4.78, 5) is 12.2. The van der Waals surface area contributed by atoms with Crippen LogP contribution in [0.4, 0.5) is 4.39 Å². The molecule has 6 heteroatoms. The topological polar surface area (TPSA) is 68.5 Å². The zero-order chi connectivity index (χ0) is 22.9. The predicted octanol–water partition coefficient (Wildman–Crippen LogP) is 5.45. The number of allylic oxidation sites excluding steroid dienone is 1. The van der Waals surface area contributed by atoms with E-state index in [4.69, 9.17) is 14.2 Å². The fourth-order valence-corrected chi connectivity index (χ4v) is 2.99. The van der Waals surface area contributed by atoms with E-state index in [1.54, 1.807) is 42.5 Å². The maximum atomic E-state index is 14.0. The molecule has 0 spiro atoms. The summed E-state index contributed by atoms with van der Waals surface area (Å²) in [6, 6.07) is 20.3. The van der Waals surface area contributed by atoms with Gasteiger partial charge in [0.25, 0.3) is 0 Å². The van der Waals surface area contributed by atoms with Crippen molar-refractivity contribution in [3.8, 4) is 23.3 Å². The Morgan fingerprint density at radius 3 is 2.47 bits per heavy atom. The molecule has 0 saturated carbocycles. The van der Waals surface area contributed by atoms with E-state index in [1.165, 1.54) is 30.9 Å². The van der Waals surface area contributed by atoms with Crippen molar-refractivity contribution in [2.24, 2.45) is 0 Å². The summed E-state index contributed by atoms with van der Waals surface area (Å²) in [7, 11) is 1.44. The number of rotatable bonds is 8. The van der Waals surface area contributed by atoms with Crippen molar-refractivity contribution < 1.29 is 23.4 Å². The van der Waals surface area contributed by atoms with Crippen LogP contribution in [0, 0.1) is 17.1 Å². The van der Waals surface area contributed by atoms with E-state index in [0.29, 0.717) is 17.1 Å². The molecule has 0 saturated heterocycles. The lowest BCUT2D eigenvalue weighted by Crippen LogP contribution is -2.18. The SMILES string of the molecule is CCc1ccc(OCC(=O)Oc2ccc(/C=C(/C#N)c3ccccc3F)cc2OC)cc1. The van der Waals surface area contributed by atoms with Crippen molar-refractivity contribution in [2.45, 2.75) is 13.3 Å². The standard InChI is InChI=1S/C26H22FNO4/c1-3-18-8-11-21(12-9-18)31-17-26(29)32-24-13-10-19(15-25(24)30-2)14-20(16-28)22-6-4-5-7-23(22)27/h4-15H,3,17H2,1-2H3/b20-14-. The van der Waals surface area contributed by atoms with Crippen LogP contribution in [0.15, 0.2) is 66.7 Å². The summed E-state index contributed by atoms with van der Waals surface area (Å²) in [5.41, 5.74) is 2.13. The maximum Gasteiger partial charge on any atom is 0.349 e. The first-order chi connectivity index (χ1) is 15.5. The minimum atomic E-state index is -0.588. The van der Waals surface area contributed by atoms with E-state index in [2.05, 4.69) is 6.92 Å². The molecule has 3 aromatic rings. The number of nitriles is 1. The Hall–Kier alpha value is -4.11. The van der Waals surface area contributed by atoms with E-state index < -0.39 is 11.8 Å². The minimum absolute atomic E-state index is 0.164. The van der Waals surface area contributed by atoms with Crippen molar-refractivity contribution in [2.75, 3.05) is 13.7 Å². The second-order valence-electron chi connectivity index (χ2n) is 6.82. The molecule has 0 aliphatic heterocycles. The molecule has 5 nitrogen and oxygen atoms in total. The highest BCUT2D eigenvalue weighted by Crippen LogP contribution is 2.30. The normalized spacial score (nSPS) is 10.9. The molecule has 0 aliphatic carbocycles. The number of esters is 1. The minimum Gasteiger partial charge on any atom is -0.493 e. The highest BCUT2D eigenvalue weighted by atomic mass is 19.1. The van der Waals surface area contributed by atoms with Crippen LogP contribution < -0.4 is 14.2 Å². The monoisotopic (exact) mass is 431 g/mol. The van der Waals surface area contributed by atoms with Crippen LogP contribution in [0.1, 0.15) is 23.6 Å². The van der Waals surface area contributed by atoms with Crippen molar-refractivity contribution in [1.82, 2.24) is 0 Å². The molecule has 0 unspecified atom stereocenters. The second kappa shape index (κ2) is 10.8. The van der Waals surface area contributed by atoms with Crippen molar-refractivity contribution in [3.05, 3.63) is 89.2 Å². The van der Waals surface area contributed by atoms with Crippen LogP contribution in [0.2, 0.25) is 0 Å². The van der Waals surface area contributed by atoms with Gasteiger partial charge in [-0.2, -0.15) is 5.26 Å². The average Bonchev–Trinajstić information content (AvgIpc) is 2.82. The molecule has 0 heterocycles. The highest BCUT2D eigenvalue weighted by molar-refractivity contribution is 5.90. The van der Waals surface area contributed by atoms with Gasteiger partial charge in [0, 0.05) is 5.56 Å². The first-order valence-electron chi connectivity index (χ1n) is 10.0. The first-order valence-corrected chi connectivity index (χ1v) is 10.0. The molecule has 32 heavy (non-hydrogen) atoms. The number of nitrogens with zero attached hydrogens (tertiary/aromatic N) is 1. The summed E-state index contributed by atoms with van der Waals surface area (Å²) in [5.74, 6) is 0.00959. The molecular formula is C26H22FNO4. The van der Waals surface area contributed by atoms with Crippen molar-refractivity contribution >= 4 is 17.6 Å². The number of hydrogen-bond donors (Lipinski definition) is 0. The van der Waals surface area contributed by atoms with Crippen LogP contribution in [-0.4, -0.2) is 19.7 Å². The smallest absolute Gasteiger partial charge is 0.349 e. The number of ether oxygens (including phenoxy) is 3. The zero-order valence-electron chi connectivity index (χ0n) is 17.8. The Morgan fingerprint density at radius 2 is 1.81 bits per heavy atom. The summed E-state index contributed by atoms with van der Waals surface area (Å²) >= 11 is 0. The fraction of sp³-hybridized carbons (Fsp3) is 0.154. The summed E-state index contributed by atoms with van der Waals surface area (Å²) in [6.07, 6.45) is 2.46. The van der Waals surface area contributed by atoms with E-state index in [9.17, 15) is 14.4 Å². The molecule has 162 valence electrons. The summed E-state index contributed by atoms with van der Waals surface area (Å²) in [6.45, 7) is 1.80. The average molecular weight is 431 g/mol. The summed E-state index contributed by atoms with van der Waals surface area (Å²) < 4.78 is 30.2.